The minimum Gasteiger partial charge on any atom is -0.496 e. The van der Waals surface area contributed by atoms with Gasteiger partial charge in [-0.3, -0.25) is 39.0 Å². The number of carbonyl (C=O) groups excluding carboxylic acids is 5. The molecule has 0 saturated carbocycles. The number of nitrogens with one attached hydrogen (secondary N) is 3. The van der Waals surface area contributed by atoms with Gasteiger partial charge in [0.2, 0.25) is 11.8 Å². The van der Waals surface area contributed by atoms with Gasteiger partial charge in [0.1, 0.15) is 17.5 Å². The van der Waals surface area contributed by atoms with Crippen molar-refractivity contribution in [2.75, 3.05) is 66.5 Å². The van der Waals surface area contributed by atoms with Crippen LogP contribution in [0.25, 0.3) is 11.1 Å². The first-order chi connectivity index (χ1) is 27.3. The molecule has 3 aliphatic rings. The van der Waals surface area contributed by atoms with Gasteiger partial charge in [0.25, 0.3) is 23.8 Å². The lowest BCUT2D eigenvalue weighted by Crippen LogP contribution is -2.54. The molecule has 6 amide bonds. The third-order valence-corrected chi connectivity index (χ3v) is 9.80. The lowest BCUT2D eigenvalue weighted by atomic mass is 9.92. The number of carboxylic acid groups (broad SMARTS) is 1. The Morgan fingerprint density at radius 3 is 2.32 bits per heavy atom. The molecule has 1 unspecified atom stereocenters. The fourth-order valence-electron chi connectivity index (χ4n) is 7.19. The topological polar surface area (TPSA) is 218 Å². The second-order valence-corrected chi connectivity index (χ2v) is 13.7. The van der Waals surface area contributed by atoms with Gasteiger partial charge in [-0.05, 0) is 62.3 Å². The maximum Gasteiger partial charge on any atom is 0.317 e. The number of hydrogen-bond donors (Lipinski definition) is 4. The van der Waals surface area contributed by atoms with Crippen molar-refractivity contribution in [3.8, 4) is 22.6 Å². The number of aryl methyl sites for hydroxylation is 1. The van der Waals surface area contributed by atoms with Gasteiger partial charge in [0, 0.05) is 69.2 Å². The van der Waals surface area contributed by atoms with E-state index in [1.165, 1.54) is 6.07 Å². The zero-order valence-electron chi connectivity index (χ0n) is 32.5. The first-order valence-corrected chi connectivity index (χ1v) is 18.2. The molecular weight excluding hydrogens is 742 g/mol. The van der Waals surface area contributed by atoms with Gasteiger partial charge in [-0.15, -0.1) is 0 Å². The van der Waals surface area contributed by atoms with Gasteiger partial charge in [-0.25, -0.2) is 4.79 Å². The summed E-state index contributed by atoms with van der Waals surface area (Å²) in [6, 6.07) is 7.39. The van der Waals surface area contributed by atoms with Crippen LogP contribution < -0.4 is 31.0 Å². The maximum absolute atomic E-state index is 13.3. The summed E-state index contributed by atoms with van der Waals surface area (Å²) in [5.74, 6) is -0.953. The van der Waals surface area contributed by atoms with Crippen molar-refractivity contribution >= 4 is 41.8 Å². The number of pyridine rings is 1. The van der Waals surface area contributed by atoms with Crippen molar-refractivity contribution < 1.29 is 48.1 Å². The Morgan fingerprint density at radius 2 is 1.67 bits per heavy atom. The number of rotatable bonds is 13. The molecule has 3 aliphatic heterocycles. The van der Waals surface area contributed by atoms with Gasteiger partial charge in [-0.2, -0.15) is 0 Å². The molecule has 1 fully saturated rings. The number of methoxy groups -OCH3 is 2. The minimum atomic E-state index is -1.05. The molecule has 57 heavy (non-hydrogen) atoms. The van der Waals surface area contributed by atoms with E-state index in [0.29, 0.717) is 48.8 Å². The molecule has 1 aromatic heterocycles. The monoisotopic (exact) mass is 789 g/mol. The molecule has 304 valence electrons. The van der Waals surface area contributed by atoms with Crippen LogP contribution in [0.4, 0.5) is 10.5 Å². The van der Waals surface area contributed by atoms with E-state index in [0.717, 1.165) is 27.2 Å². The van der Waals surface area contributed by atoms with Gasteiger partial charge in [-0.1, -0.05) is 6.07 Å². The SMILES string of the molecule is COc1cc(-c2cn(C)c(=O)c3c2CN(C(=O)NCCOCCNc2cccc4c2C(=O)N(C2CCC(=O)NC2=O)C4=O)CC3)cc(OC)c1CN(C)C.O=CO. The average molecular weight is 790 g/mol. The molecule has 0 radical (unpaired) electrons. The standard InChI is InChI=1S/C38H45N7O9.CH2O2/c1-42(2)19-27-30(52-4)17-22(18-31(27)53-5)25-20-43(3)35(48)23-11-14-44(21-26(23)25)38(51)40-13-16-54-15-12-39-28-8-6-7-24-33(28)37(50)45(36(24)49)29-9-10-32(46)41-34(29)47;2-1-3/h6-8,17-18,20,29,39H,9-16,19,21H2,1-5H3,(H,40,51)(H,41,46,47);1H,(H,2,3). The molecule has 4 N–H and O–H groups in total. The highest BCUT2D eigenvalue weighted by molar-refractivity contribution is 6.25. The van der Waals surface area contributed by atoms with Gasteiger partial charge in [0.05, 0.1) is 44.1 Å². The van der Waals surface area contributed by atoms with Crippen molar-refractivity contribution in [3.63, 3.8) is 0 Å². The quantitative estimate of drug-likeness (QED) is 0.110. The Kier molecular flexibility index (Phi) is 13.7. The molecule has 0 aliphatic carbocycles. The van der Waals surface area contributed by atoms with E-state index in [-0.39, 0.29) is 68.3 Å². The van der Waals surface area contributed by atoms with E-state index >= 15 is 0 Å². The second-order valence-electron chi connectivity index (χ2n) is 13.7. The summed E-state index contributed by atoms with van der Waals surface area (Å²) < 4.78 is 18.8. The fourth-order valence-corrected chi connectivity index (χ4v) is 7.19. The van der Waals surface area contributed by atoms with Gasteiger partial charge in [0.15, 0.2) is 0 Å². The lowest BCUT2D eigenvalue weighted by Gasteiger charge is -2.31. The summed E-state index contributed by atoms with van der Waals surface area (Å²) in [5, 5.41) is 15.1. The molecule has 18 heteroatoms. The third kappa shape index (κ3) is 9.08. The van der Waals surface area contributed by atoms with Crippen LogP contribution in [0.15, 0.2) is 41.3 Å². The predicted octanol–water partition coefficient (Wildman–Crippen LogP) is 1.43. The summed E-state index contributed by atoms with van der Waals surface area (Å²) in [4.78, 5) is 89.8. The normalized spacial score (nSPS) is 16.0. The Morgan fingerprint density at radius 1 is 0.982 bits per heavy atom. The average Bonchev–Trinajstić information content (AvgIpc) is 3.44. The molecule has 0 spiro atoms. The van der Waals surface area contributed by atoms with Crippen molar-refractivity contribution in [3.05, 3.63) is 74.7 Å². The molecule has 1 atom stereocenters. The van der Waals surface area contributed by atoms with E-state index < -0.39 is 29.7 Å². The summed E-state index contributed by atoms with van der Waals surface area (Å²) in [6.07, 6.45) is 2.31. The minimum absolute atomic E-state index is 0.0411. The summed E-state index contributed by atoms with van der Waals surface area (Å²) >= 11 is 0. The fraction of sp³-hybridized carbons (Fsp3) is 0.410. The van der Waals surface area contributed by atoms with Crippen LogP contribution in [0.3, 0.4) is 0 Å². The van der Waals surface area contributed by atoms with E-state index in [4.69, 9.17) is 24.1 Å². The number of amides is 6. The van der Waals surface area contributed by atoms with E-state index in [9.17, 15) is 28.8 Å². The molecule has 2 aromatic carbocycles. The van der Waals surface area contributed by atoms with Crippen LogP contribution in [0.5, 0.6) is 11.5 Å². The number of piperidine rings is 1. The number of ether oxygens (including phenoxy) is 3. The zero-order valence-corrected chi connectivity index (χ0v) is 32.5. The number of anilines is 1. The number of imide groups is 2. The molecule has 3 aromatic rings. The summed E-state index contributed by atoms with van der Waals surface area (Å²) in [6.45, 7) is 1.97. The predicted molar refractivity (Wildman–Crippen MR) is 206 cm³/mol. The molecule has 18 nitrogen and oxygen atoms in total. The first kappa shape index (κ1) is 41.9. The summed E-state index contributed by atoms with van der Waals surface area (Å²) in [5.41, 5.74) is 4.66. The van der Waals surface area contributed by atoms with Gasteiger partial charge < -0.3 is 44.3 Å². The van der Waals surface area contributed by atoms with Crippen LogP contribution >= 0.6 is 0 Å². The molecule has 6 rings (SSSR count). The number of aromatic nitrogens is 1. The Labute approximate surface area is 328 Å². The molecule has 0 bridgehead atoms. The van der Waals surface area contributed by atoms with Crippen LogP contribution in [0, 0.1) is 0 Å². The highest BCUT2D eigenvalue weighted by Crippen LogP contribution is 2.38. The second kappa shape index (κ2) is 18.6. The molecular formula is C39H47N7O11. The first-order valence-electron chi connectivity index (χ1n) is 18.2. The van der Waals surface area contributed by atoms with Crippen LogP contribution in [0.2, 0.25) is 0 Å². The Hall–Kier alpha value is -6.27. The van der Waals surface area contributed by atoms with Gasteiger partial charge >= 0.3 is 6.03 Å². The lowest BCUT2D eigenvalue weighted by molar-refractivity contribution is -0.136. The Bertz CT molecular complexity index is 2090. The Balaban J connectivity index is 0.00000200. The van der Waals surface area contributed by atoms with E-state index in [2.05, 4.69) is 16.0 Å². The smallest absolute Gasteiger partial charge is 0.317 e. The van der Waals surface area contributed by atoms with Crippen molar-refractivity contribution in [1.29, 1.82) is 0 Å². The highest BCUT2D eigenvalue weighted by atomic mass is 16.5. The third-order valence-electron chi connectivity index (χ3n) is 9.80. The number of hydrogen-bond acceptors (Lipinski definition) is 12. The number of benzene rings is 2. The van der Waals surface area contributed by atoms with Crippen molar-refractivity contribution in [2.24, 2.45) is 7.05 Å². The summed E-state index contributed by atoms with van der Waals surface area (Å²) in [7, 11) is 8.88. The largest absolute Gasteiger partial charge is 0.496 e. The zero-order chi connectivity index (χ0) is 41.4. The maximum atomic E-state index is 13.3. The van der Waals surface area contributed by atoms with E-state index in [1.807, 2.05) is 31.1 Å². The van der Waals surface area contributed by atoms with Crippen molar-refractivity contribution in [2.45, 2.75) is 38.4 Å². The van der Waals surface area contributed by atoms with E-state index in [1.54, 1.807) is 49.1 Å². The molecule has 4 heterocycles. The molecule has 1 saturated heterocycles. The number of fused-ring (bicyclic) bond motifs is 2. The van der Waals surface area contributed by atoms with Crippen LogP contribution in [-0.2, 0) is 45.7 Å². The number of nitrogens with zero attached hydrogens (tertiary/aromatic N) is 4. The van der Waals surface area contributed by atoms with Crippen LogP contribution in [0.1, 0.15) is 50.2 Å². The van der Waals surface area contributed by atoms with Crippen LogP contribution in [-0.4, -0.2) is 128 Å². The van der Waals surface area contributed by atoms with Crippen molar-refractivity contribution in [1.82, 2.24) is 29.9 Å². The number of urea groups is 1. The number of carbonyl (C=O) groups is 6. The highest BCUT2D eigenvalue weighted by Gasteiger charge is 2.45.